The minimum Gasteiger partial charge on any atom is -0.384 e. The van der Waals surface area contributed by atoms with Crippen LogP contribution in [0.25, 0.3) is 0 Å². The third kappa shape index (κ3) is 8.36. The number of hydrogen-bond acceptors (Lipinski definition) is 5. The zero-order valence-corrected chi connectivity index (χ0v) is 19.2. The molecule has 1 saturated heterocycles. The third-order valence-electron chi connectivity index (χ3n) is 6.44. The number of methoxy groups -OCH3 is 1. The summed E-state index contributed by atoms with van der Waals surface area (Å²) in [6.07, 6.45) is 4.22. The zero-order chi connectivity index (χ0) is 21.9. The molecule has 7 heteroatoms. The van der Waals surface area contributed by atoms with Gasteiger partial charge in [0.1, 0.15) is 0 Å². The first-order valence-corrected chi connectivity index (χ1v) is 11.4. The second-order valence-corrected chi connectivity index (χ2v) is 8.97. The molecule has 0 unspecified atom stereocenters. The van der Waals surface area contributed by atoms with Crippen molar-refractivity contribution in [3.05, 3.63) is 11.6 Å². The van der Waals surface area contributed by atoms with Crippen molar-refractivity contribution in [2.75, 3.05) is 59.7 Å². The number of carbonyl (C=O) groups is 2. The summed E-state index contributed by atoms with van der Waals surface area (Å²) in [4.78, 5) is 26.8. The predicted octanol–water partition coefficient (Wildman–Crippen LogP) is 1.83. The van der Waals surface area contributed by atoms with Crippen LogP contribution in [0.15, 0.2) is 11.6 Å². The number of morpholine rings is 1. The van der Waals surface area contributed by atoms with Crippen LogP contribution in [0.5, 0.6) is 0 Å². The van der Waals surface area contributed by atoms with Gasteiger partial charge in [-0.1, -0.05) is 25.5 Å². The van der Waals surface area contributed by atoms with E-state index < -0.39 is 0 Å². The fraction of sp³-hybridized carbons (Fsp3) is 0.826. The Morgan fingerprint density at radius 1 is 1.23 bits per heavy atom. The number of nitrogens with one attached hydrogen (secondary N) is 2. The molecule has 0 aromatic rings. The van der Waals surface area contributed by atoms with E-state index in [9.17, 15) is 9.59 Å². The number of nitrogens with zero attached hydrogens (tertiary/aromatic N) is 1. The molecule has 1 heterocycles. The molecule has 1 aliphatic heterocycles. The summed E-state index contributed by atoms with van der Waals surface area (Å²) in [5.41, 5.74) is 1.27. The van der Waals surface area contributed by atoms with Crippen LogP contribution in [0.3, 0.4) is 0 Å². The molecular weight excluding hydrogens is 382 g/mol. The van der Waals surface area contributed by atoms with Crippen molar-refractivity contribution in [1.82, 2.24) is 15.5 Å². The topological polar surface area (TPSA) is 79.9 Å². The predicted molar refractivity (Wildman–Crippen MR) is 118 cm³/mol. The molecule has 172 valence electrons. The van der Waals surface area contributed by atoms with Crippen LogP contribution in [0, 0.1) is 23.7 Å². The standard InChI is InChI=1S/C23H41N3O4/c1-17(2)21-14-19(15-23(28)24-6-7-26-8-11-30-12-9-26)18(3)13-20(21)16-25-22(27)5-10-29-4/h13,17,19-21H,5-12,14-16H2,1-4H3,(H,24,28)(H,25,27)/t19-,20-,21-/m0/s1. The van der Waals surface area contributed by atoms with Crippen LogP contribution in [-0.4, -0.2) is 76.4 Å². The molecule has 2 rings (SSSR count). The first-order chi connectivity index (χ1) is 14.4. The van der Waals surface area contributed by atoms with Gasteiger partial charge in [-0.05, 0) is 37.0 Å². The molecule has 2 N–H and O–H groups in total. The summed E-state index contributed by atoms with van der Waals surface area (Å²) in [6.45, 7) is 12.7. The van der Waals surface area contributed by atoms with E-state index in [-0.39, 0.29) is 17.7 Å². The summed E-state index contributed by atoms with van der Waals surface area (Å²) < 4.78 is 10.3. The lowest BCUT2D eigenvalue weighted by Crippen LogP contribution is -2.42. The van der Waals surface area contributed by atoms with Crippen molar-refractivity contribution in [2.24, 2.45) is 23.7 Å². The maximum Gasteiger partial charge on any atom is 0.222 e. The minimum absolute atomic E-state index is 0.0344. The molecule has 0 radical (unpaired) electrons. The van der Waals surface area contributed by atoms with Crippen LogP contribution in [0.1, 0.15) is 40.0 Å². The maximum absolute atomic E-state index is 12.5. The lowest BCUT2D eigenvalue weighted by Gasteiger charge is -2.37. The summed E-state index contributed by atoms with van der Waals surface area (Å²) in [5, 5.41) is 6.15. The van der Waals surface area contributed by atoms with Crippen LogP contribution in [-0.2, 0) is 19.1 Å². The van der Waals surface area contributed by atoms with Crippen LogP contribution in [0.4, 0.5) is 0 Å². The van der Waals surface area contributed by atoms with E-state index >= 15 is 0 Å². The van der Waals surface area contributed by atoms with E-state index in [1.165, 1.54) is 5.57 Å². The number of rotatable bonds is 11. The molecule has 30 heavy (non-hydrogen) atoms. The molecule has 1 aliphatic carbocycles. The van der Waals surface area contributed by atoms with Crippen molar-refractivity contribution in [3.8, 4) is 0 Å². The molecule has 0 spiro atoms. The average Bonchev–Trinajstić information content (AvgIpc) is 2.72. The Hall–Kier alpha value is -1.44. The van der Waals surface area contributed by atoms with E-state index in [4.69, 9.17) is 9.47 Å². The van der Waals surface area contributed by atoms with Crippen molar-refractivity contribution in [1.29, 1.82) is 0 Å². The molecule has 0 aromatic heterocycles. The Kier molecular flexibility index (Phi) is 10.8. The highest BCUT2D eigenvalue weighted by Gasteiger charge is 2.32. The quantitative estimate of drug-likeness (QED) is 0.496. The Balaban J connectivity index is 1.81. The number of ether oxygens (including phenoxy) is 2. The van der Waals surface area contributed by atoms with Gasteiger partial charge < -0.3 is 20.1 Å². The molecule has 0 bridgehead atoms. The number of carbonyl (C=O) groups excluding carboxylic acids is 2. The maximum atomic E-state index is 12.5. The van der Waals surface area contributed by atoms with Gasteiger partial charge in [0.05, 0.1) is 19.8 Å². The van der Waals surface area contributed by atoms with Crippen molar-refractivity contribution in [2.45, 2.75) is 40.0 Å². The Morgan fingerprint density at radius 2 is 1.97 bits per heavy atom. The SMILES string of the molecule is COCCC(=O)NC[C@@H]1C=C(C)[C@H](CC(=O)NCCN2CCOCC2)C[C@H]1C(C)C. The van der Waals surface area contributed by atoms with Gasteiger partial charge in [-0.2, -0.15) is 0 Å². The lowest BCUT2D eigenvalue weighted by molar-refractivity contribution is -0.122. The molecule has 3 atom stereocenters. The van der Waals surface area contributed by atoms with Gasteiger partial charge in [0.15, 0.2) is 0 Å². The van der Waals surface area contributed by atoms with E-state index in [1.54, 1.807) is 7.11 Å². The first-order valence-electron chi connectivity index (χ1n) is 11.4. The summed E-state index contributed by atoms with van der Waals surface area (Å²) in [5.74, 6) is 1.73. The van der Waals surface area contributed by atoms with Gasteiger partial charge in [0.2, 0.25) is 11.8 Å². The normalized spacial score (nSPS) is 25.1. The molecule has 2 aliphatic rings. The summed E-state index contributed by atoms with van der Waals surface area (Å²) in [7, 11) is 1.61. The van der Waals surface area contributed by atoms with Gasteiger partial charge in [-0.3, -0.25) is 14.5 Å². The highest BCUT2D eigenvalue weighted by Crippen LogP contribution is 2.38. The van der Waals surface area contributed by atoms with E-state index in [0.717, 1.165) is 39.3 Å². The van der Waals surface area contributed by atoms with Crippen molar-refractivity contribution < 1.29 is 19.1 Å². The largest absolute Gasteiger partial charge is 0.384 e. The molecule has 1 fully saturated rings. The Labute approximate surface area is 181 Å². The number of amides is 2. The van der Waals surface area contributed by atoms with Crippen LogP contribution < -0.4 is 10.6 Å². The summed E-state index contributed by atoms with van der Waals surface area (Å²) in [6, 6.07) is 0. The zero-order valence-electron chi connectivity index (χ0n) is 19.2. The number of allylic oxidation sites excluding steroid dienone is 1. The fourth-order valence-electron chi connectivity index (χ4n) is 4.50. The number of hydrogen-bond donors (Lipinski definition) is 2. The smallest absolute Gasteiger partial charge is 0.222 e. The van der Waals surface area contributed by atoms with Crippen molar-refractivity contribution >= 4 is 11.8 Å². The monoisotopic (exact) mass is 423 g/mol. The second-order valence-electron chi connectivity index (χ2n) is 8.97. The Morgan fingerprint density at radius 3 is 2.63 bits per heavy atom. The van der Waals surface area contributed by atoms with Crippen LogP contribution in [0.2, 0.25) is 0 Å². The average molecular weight is 424 g/mol. The van der Waals surface area contributed by atoms with Gasteiger partial charge >= 0.3 is 0 Å². The fourth-order valence-corrected chi connectivity index (χ4v) is 4.50. The van der Waals surface area contributed by atoms with E-state index in [0.29, 0.717) is 50.3 Å². The van der Waals surface area contributed by atoms with Gasteiger partial charge in [-0.25, -0.2) is 0 Å². The molecule has 0 aromatic carbocycles. The molecule has 2 amide bonds. The van der Waals surface area contributed by atoms with E-state index in [1.807, 2.05) is 0 Å². The second kappa shape index (κ2) is 13.1. The van der Waals surface area contributed by atoms with Crippen molar-refractivity contribution in [3.63, 3.8) is 0 Å². The first kappa shape index (κ1) is 24.8. The molecular formula is C23H41N3O4. The molecule has 7 nitrogen and oxygen atoms in total. The molecule has 0 saturated carbocycles. The van der Waals surface area contributed by atoms with Gasteiger partial charge in [0, 0.05) is 52.7 Å². The lowest BCUT2D eigenvalue weighted by atomic mass is 9.69. The van der Waals surface area contributed by atoms with Gasteiger partial charge in [-0.15, -0.1) is 0 Å². The van der Waals surface area contributed by atoms with E-state index in [2.05, 4.69) is 42.4 Å². The third-order valence-corrected chi connectivity index (χ3v) is 6.44. The minimum atomic E-state index is 0.0344. The van der Waals surface area contributed by atoms with Crippen LogP contribution >= 0.6 is 0 Å². The Bertz CT molecular complexity index is 573. The summed E-state index contributed by atoms with van der Waals surface area (Å²) >= 11 is 0. The highest BCUT2D eigenvalue weighted by molar-refractivity contribution is 5.76. The van der Waals surface area contributed by atoms with Gasteiger partial charge in [0.25, 0.3) is 0 Å². The highest BCUT2D eigenvalue weighted by atomic mass is 16.5.